The van der Waals surface area contributed by atoms with E-state index < -0.39 is 12.3 Å². The van der Waals surface area contributed by atoms with Gasteiger partial charge < -0.3 is 5.11 Å². The molecule has 0 amide bonds. The molecule has 2 nitrogen and oxygen atoms in total. The normalized spacial score (nSPS) is 36.4. The van der Waals surface area contributed by atoms with Gasteiger partial charge in [-0.05, 0) is 32.6 Å². The molecule has 1 rings (SSSR count). The molecule has 1 aliphatic carbocycles. The van der Waals surface area contributed by atoms with Crippen LogP contribution in [0.15, 0.2) is 0 Å². The van der Waals surface area contributed by atoms with Crippen molar-refractivity contribution in [1.82, 2.24) is 0 Å². The zero-order valence-corrected chi connectivity index (χ0v) is 7.35. The number of halogens is 1. The molecule has 0 aromatic heterocycles. The largest absolute Gasteiger partial charge is 0.393 e. The maximum Gasteiger partial charge on any atom is 0.134 e. The van der Waals surface area contributed by atoms with E-state index in [0.717, 1.165) is 0 Å². The van der Waals surface area contributed by atoms with Crippen LogP contribution in [0.2, 0.25) is 0 Å². The average molecular weight is 174 g/mol. The van der Waals surface area contributed by atoms with E-state index in [-0.39, 0.29) is 11.7 Å². The highest BCUT2D eigenvalue weighted by atomic mass is 19.1. The predicted molar refractivity (Wildman–Crippen MR) is 43.6 cm³/mol. The van der Waals surface area contributed by atoms with Crippen molar-refractivity contribution >= 4 is 5.78 Å². The molecule has 0 heterocycles. The smallest absolute Gasteiger partial charge is 0.134 e. The highest BCUT2D eigenvalue weighted by molar-refractivity contribution is 5.78. The van der Waals surface area contributed by atoms with Crippen LogP contribution < -0.4 is 0 Å². The monoisotopic (exact) mass is 174 g/mol. The minimum Gasteiger partial charge on any atom is -0.393 e. The molecular weight excluding hydrogens is 159 g/mol. The number of aliphatic hydroxyl groups excluding tert-OH is 1. The van der Waals surface area contributed by atoms with E-state index in [0.29, 0.717) is 25.7 Å². The van der Waals surface area contributed by atoms with Crippen LogP contribution in [-0.4, -0.2) is 23.2 Å². The first-order valence-corrected chi connectivity index (χ1v) is 4.38. The van der Waals surface area contributed by atoms with E-state index in [4.69, 9.17) is 5.11 Å². The molecule has 0 aliphatic heterocycles. The Hall–Kier alpha value is -0.440. The summed E-state index contributed by atoms with van der Waals surface area (Å²) in [5.41, 5.74) is -1.41. The van der Waals surface area contributed by atoms with Crippen LogP contribution in [0.5, 0.6) is 0 Å². The van der Waals surface area contributed by atoms with E-state index >= 15 is 0 Å². The Bertz CT molecular complexity index is 171. The summed E-state index contributed by atoms with van der Waals surface area (Å²) in [5.74, 6) is 0.176. The number of aliphatic hydroxyl groups is 1. The lowest BCUT2D eigenvalue weighted by atomic mass is 9.79. The average Bonchev–Trinajstić information content (AvgIpc) is 2.05. The summed E-state index contributed by atoms with van der Waals surface area (Å²) in [6.45, 7) is 1.15. The van der Waals surface area contributed by atoms with Crippen molar-refractivity contribution in [1.29, 1.82) is 0 Å². The van der Waals surface area contributed by atoms with Gasteiger partial charge in [-0.25, -0.2) is 4.39 Å². The molecular formula is C9H15FO2. The minimum absolute atomic E-state index is 0.0282. The van der Waals surface area contributed by atoms with E-state index in [1.807, 2.05) is 0 Å². The number of hydrogen-bond donors (Lipinski definition) is 1. The molecule has 0 aromatic rings. The van der Waals surface area contributed by atoms with E-state index in [1.54, 1.807) is 6.92 Å². The van der Waals surface area contributed by atoms with E-state index in [1.165, 1.54) is 0 Å². The number of ketones is 1. The van der Waals surface area contributed by atoms with Crippen molar-refractivity contribution in [3.05, 3.63) is 0 Å². The van der Waals surface area contributed by atoms with Crippen LogP contribution in [-0.2, 0) is 4.79 Å². The van der Waals surface area contributed by atoms with Gasteiger partial charge in [0, 0.05) is 5.92 Å². The molecule has 70 valence electrons. The molecule has 1 N–H and O–H groups in total. The molecule has 3 heteroatoms. The second-order valence-corrected chi connectivity index (χ2v) is 3.69. The van der Waals surface area contributed by atoms with Crippen LogP contribution in [0.25, 0.3) is 0 Å². The van der Waals surface area contributed by atoms with Crippen LogP contribution in [0, 0.1) is 5.92 Å². The fraction of sp³-hybridized carbons (Fsp3) is 0.889. The molecule has 0 aromatic carbocycles. The molecule has 0 atom stereocenters. The third kappa shape index (κ3) is 2.03. The lowest BCUT2D eigenvalue weighted by Crippen LogP contribution is -2.34. The van der Waals surface area contributed by atoms with Gasteiger partial charge in [-0.3, -0.25) is 4.79 Å². The molecule has 0 unspecified atom stereocenters. The van der Waals surface area contributed by atoms with Gasteiger partial charge in [0.1, 0.15) is 11.5 Å². The summed E-state index contributed by atoms with van der Waals surface area (Å²) >= 11 is 0. The Labute approximate surface area is 71.8 Å². The Morgan fingerprint density at radius 1 is 1.58 bits per heavy atom. The zero-order chi connectivity index (χ0) is 9.19. The third-order valence-corrected chi connectivity index (χ3v) is 2.74. The number of rotatable bonds is 2. The fourth-order valence-corrected chi connectivity index (χ4v) is 1.70. The lowest BCUT2D eigenvalue weighted by molar-refractivity contribution is -0.123. The third-order valence-electron chi connectivity index (χ3n) is 2.74. The maximum atomic E-state index is 13.4. The summed E-state index contributed by atoms with van der Waals surface area (Å²) in [6, 6.07) is 0. The maximum absolute atomic E-state index is 13.4. The predicted octanol–water partition coefficient (Wildman–Crippen LogP) is 1.47. The van der Waals surface area contributed by atoms with Crippen molar-refractivity contribution in [3.63, 3.8) is 0 Å². The van der Waals surface area contributed by atoms with Crippen molar-refractivity contribution in [3.8, 4) is 0 Å². The fourth-order valence-electron chi connectivity index (χ4n) is 1.70. The summed E-state index contributed by atoms with van der Waals surface area (Å²) in [5, 5.41) is 8.72. The van der Waals surface area contributed by atoms with Crippen molar-refractivity contribution in [2.24, 2.45) is 5.92 Å². The van der Waals surface area contributed by atoms with Crippen LogP contribution in [0.3, 0.4) is 0 Å². The Morgan fingerprint density at radius 3 is 2.42 bits per heavy atom. The number of carbonyl (C=O) groups excluding carboxylic acids is 1. The summed E-state index contributed by atoms with van der Waals surface area (Å²) in [4.78, 5) is 10.9. The molecule has 0 spiro atoms. The second-order valence-electron chi connectivity index (χ2n) is 3.69. The van der Waals surface area contributed by atoms with Crippen molar-refractivity contribution in [2.75, 3.05) is 6.61 Å². The molecule has 0 saturated heterocycles. The lowest BCUT2D eigenvalue weighted by Gasteiger charge is -2.31. The highest BCUT2D eigenvalue weighted by Gasteiger charge is 2.35. The van der Waals surface area contributed by atoms with Crippen LogP contribution in [0.1, 0.15) is 32.6 Å². The van der Waals surface area contributed by atoms with E-state index in [2.05, 4.69) is 0 Å². The summed E-state index contributed by atoms with van der Waals surface area (Å²) < 4.78 is 13.4. The van der Waals surface area contributed by atoms with E-state index in [9.17, 15) is 9.18 Å². The topological polar surface area (TPSA) is 37.3 Å². The quantitative estimate of drug-likeness (QED) is 0.688. The number of hydrogen-bond acceptors (Lipinski definition) is 2. The van der Waals surface area contributed by atoms with Crippen molar-refractivity contribution < 1.29 is 14.3 Å². The number of carbonyl (C=O) groups is 1. The Balaban J connectivity index is 2.44. The molecule has 1 saturated carbocycles. The Morgan fingerprint density at radius 2 is 2.08 bits per heavy atom. The van der Waals surface area contributed by atoms with Gasteiger partial charge in [0.05, 0.1) is 6.61 Å². The van der Waals surface area contributed by atoms with Crippen LogP contribution >= 0.6 is 0 Å². The van der Waals surface area contributed by atoms with Gasteiger partial charge in [0.2, 0.25) is 0 Å². The SMILES string of the molecule is CC(=O)C1CCC(F)(CO)CC1. The number of Topliss-reactive ketones (excluding diaryl/α,β-unsaturated/α-hetero) is 1. The van der Waals surface area contributed by atoms with Gasteiger partial charge in [0.15, 0.2) is 0 Å². The highest BCUT2D eigenvalue weighted by Crippen LogP contribution is 2.34. The molecule has 0 bridgehead atoms. The van der Waals surface area contributed by atoms with Gasteiger partial charge in [0.25, 0.3) is 0 Å². The Kier molecular flexibility index (Phi) is 2.83. The summed E-state index contributed by atoms with van der Waals surface area (Å²) in [6.07, 6.45) is 1.83. The molecule has 1 aliphatic rings. The minimum atomic E-state index is -1.41. The zero-order valence-electron chi connectivity index (χ0n) is 7.35. The van der Waals surface area contributed by atoms with Gasteiger partial charge in [-0.1, -0.05) is 0 Å². The first kappa shape index (κ1) is 9.65. The van der Waals surface area contributed by atoms with Gasteiger partial charge in [-0.15, -0.1) is 0 Å². The van der Waals surface area contributed by atoms with Gasteiger partial charge >= 0.3 is 0 Å². The standard InChI is InChI=1S/C9H15FO2/c1-7(12)8-2-4-9(10,6-11)5-3-8/h8,11H,2-6H2,1H3. The second kappa shape index (κ2) is 3.52. The number of alkyl halides is 1. The molecule has 12 heavy (non-hydrogen) atoms. The summed E-state index contributed by atoms with van der Waals surface area (Å²) in [7, 11) is 0. The molecule has 0 radical (unpaired) electrons. The molecule has 1 fully saturated rings. The van der Waals surface area contributed by atoms with Crippen LogP contribution in [0.4, 0.5) is 4.39 Å². The first-order chi connectivity index (χ1) is 5.57. The van der Waals surface area contributed by atoms with Gasteiger partial charge in [-0.2, -0.15) is 0 Å². The van der Waals surface area contributed by atoms with Crippen molar-refractivity contribution in [2.45, 2.75) is 38.3 Å². The first-order valence-electron chi connectivity index (χ1n) is 4.38.